The van der Waals surface area contributed by atoms with Gasteiger partial charge in [0.15, 0.2) is 0 Å². The molecule has 3 aliphatic rings. The molecule has 0 radical (unpaired) electrons. The van der Waals surface area contributed by atoms with Crippen LogP contribution < -0.4 is 0 Å². The fourth-order valence-electron chi connectivity index (χ4n) is 4.14. The van der Waals surface area contributed by atoms with Gasteiger partial charge in [0.25, 0.3) is 11.8 Å². The van der Waals surface area contributed by atoms with Gasteiger partial charge in [-0.2, -0.15) is 0 Å². The molecular weight excluding hydrogens is 348 g/mol. The zero-order chi connectivity index (χ0) is 19.0. The number of carbonyl (C=O) groups excluding carboxylic acids is 4. The summed E-state index contributed by atoms with van der Waals surface area (Å²) < 4.78 is 0. The van der Waals surface area contributed by atoms with Gasteiger partial charge in [-0.05, 0) is 37.8 Å². The fourth-order valence-corrected chi connectivity index (χ4v) is 4.14. The molecule has 4 rings (SSSR count). The Morgan fingerprint density at radius 2 is 1.85 bits per heavy atom. The molecule has 0 spiro atoms. The van der Waals surface area contributed by atoms with Crippen LogP contribution in [0, 0.1) is 0 Å². The molecule has 8 nitrogen and oxygen atoms in total. The third-order valence-corrected chi connectivity index (χ3v) is 5.56. The minimum Gasteiger partial charge on any atom is -0.341 e. The molecule has 0 N–H and O–H groups in total. The summed E-state index contributed by atoms with van der Waals surface area (Å²) >= 11 is 0. The standard InChI is InChI=1S/C19H22N4O4/c24-15(22-11-4-6-14(22)18(26)21-9-1-2-10-21)7-12-23-17(25)13-5-3-8-20-16(13)19(23)27/h3,5,8,14H,1-2,4,6-7,9-12H2. The maximum atomic E-state index is 12.7. The van der Waals surface area contributed by atoms with Gasteiger partial charge in [0.2, 0.25) is 11.8 Å². The minimum atomic E-state index is -0.463. The van der Waals surface area contributed by atoms with Crippen molar-refractivity contribution in [3.63, 3.8) is 0 Å². The van der Waals surface area contributed by atoms with Crippen molar-refractivity contribution in [3.8, 4) is 0 Å². The van der Waals surface area contributed by atoms with E-state index in [1.54, 1.807) is 17.0 Å². The Morgan fingerprint density at radius 3 is 2.59 bits per heavy atom. The van der Waals surface area contributed by atoms with Crippen LogP contribution in [0.2, 0.25) is 0 Å². The van der Waals surface area contributed by atoms with Gasteiger partial charge in [0.05, 0.1) is 5.56 Å². The van der Waals surface area contributed by atoms with E-state index in [-0.39, 0.29) is 36.0 Å². The van der Waals surface area contributed by atoms with Gasteiger partial charge in [-0.25, -0.2) is 0 Å². The maximum Gasteiger partial charge on any atom is 0.280 e. The van der Waals surface area contributed by atoms with Crippen molar-refractivity contribution in [1.29, 1.82) is 0 Å². The van der Waals surface area contributed by atoms with Crippen LogP contribution in [0.4, 0.5) is 0 Å². The Balaban J connectivity index is 1.39. The van der Waals surface area contributed by atoms with E-state index in [4.69, 9.17) is 0 Å². The molecule has 0 saturated carbocycles. The number of aromatic nitrogens is 1. The van der Waals surface area contributed by atoms with E-state index in [9.17, 15) is 19.2 Å². The molecule has 3 aliphatic heterocycles. The number of hydrogen-bond donors (Lipinski definition) is 0. The SMILES string of the molecule is O=C(C1CCCN1C(=O)CCN1C(=O)c2cccnc2C1=O)N1CCCC1. The molecule has 1 unspecified atom stereocenters. The highest BCUT2D eigenvalue weighted by Gasteiger charge is 2.39. The second kappa shape index (κ2) is 7.09. The van der Waals surface area contributed by atoms with Crippen LogP contribution in [0.25, 0.3) is 0 Å². The van der Waals surface area contributed by atoms with Crippen molar-refractivity contribution in [2.45, 2.75) is 38.1 Å². The summed E-state index contributed by atoms with van der Waals surface area (Å²) in [6.45, 7) is 2.08. The Kier molecular flexibility index (Phi) is 4.63. The molecule has 4 heterocycles. The van der Waals surface area contributed by atoms with E-state index in [1.807, 2.05) is 4.90 Å². The fraction of sp³-hybridized carbons (Fsp3) is 0.526. The predicted octanol–water partition coefficient (Wildman–Crippen LogP) is 0.681. The number of fused-ring (bicyclic) bond motifs is 1. The topological polar surface area (TPSA) is 90.9 Å². The summed E-state index contributed by atoms with van der Waals surface area (Å²) in [7, 11) is 0. The third-order valence-electron chi connectivity index (χ3n) is 5.56. The van der Waals surface area contributed by atoms with E-state index >= 15 is 0 Å². The van der Waals surface area contributed by atoms with Gasteiger partial charge in [-0.15, -0.1) is 0 Å². The van der Waals surface area contributed by atoms with Crippen molar-refractivity contribution >= 4 is 23.6 Å². The lowest BCUT2D eigenvalue weighted by Crippen LogP contribution is -2.47. The van der Waals surface area contributed by atoms with E-state index in [1.165, 1.54) is 6.20 Å². The van der Waals surface area contributed by atoms with Crippen molar-refractivity contribution in [2.75, 3.05) is 26.2 Å². The lowest BCUT2D eigenvalue weighted by Gasteiger charge is -2.28. The van der Waals surface area contributed by atoms with Crippen LogP contribution in [-0.2, 0) is 9.59 Å². The first-order valence-corrected chi connectivity index (χ1v) is 9.47. The number of amides is 4. The molecule has 1 aromatic rings. The Hall–Kier alpha value is -2.77. The number of hydrogen-bond acceptors (Lipinski definition) is 5. The summed E-state index contributed by atoms with van der Waals surface area (Å²) in [6.07, 6.45) is 5.00. The summed E-state index contributed by atoms with van der Waals surface area (Å²) in [5.74, 6) is -1.03. The third kappa shape index (κ3) is 3.09. The Bertz CT molecular complexity index is 768. The molecule has 0 bridgehead atoms. The molecule has 2 saturated heterocycles. The van der Waals surface area contributed by atoms with Crippen LogP contribution in [0.15, 0.2) is 18.3 Å². The zero-order valence-corrected chi connectivity index (χ0v) is 15.1. The van der Waals surface area contributed by atoms with Crippen LogP contribution >= 0.6 is 0 Å². The molecule has 1 atom stereocenters. The molecule has 27 heavy (non-hydrogen) atoms. The Morgan fingerprint density at radius 1 is 1.07 bits per heavy atom. The van der Waals surface area contributed by atoms with E-state index < -0.39 is 17.9 Å². The Labute approximate surface area is 157 Å². The lowest BCUT2D eigenvalue weighted by molar-refractivity contribution is -0.143. The van der Waals surface area contributed by atoms with Gasteiger partial charge in [0, 0.05) is 38.8 Å². The van der Waals surface area contributed by atoms with E-state index in [0.717, 1.165) is 37.3 Å². The number of pyridine rings is 1. The van der Waals surface area contributed by atoms with Crippen LogP contribution in [0.3, 0.4) is 0 Å². The van der Waals surface area contributed by atoms with Gasteiger partial charge >= 0.3 is 0 Å². The smallest absolute Gasteiger partial charge is 0.280 e. The molecule has 142 valence electrons. The number of nitrogens with zero attached hydrogens (tertiary/aromatic N) is 4. The first-order chi connectivity index (χ1) is 13.1. The highest BCUT2D eigenvalue weighted by Crippen LogP contribution is 2.24. The summed E-state index contributed by atoms with van der Waals surface area (Å²) in [6, 6.07) is 2.77. The number of rotatable bonds is 4. The molecule has 8 heteroatoms. The number of likely N-dealkylation sites (tertiary alicyclic amines) is 2. The second-order valence-electron chi connectivity index (χ2n) is 7.19. The highest BCUT2D eigenvalue weighted by atomic mass is 16.2. The number of carbonyl (C=O) groups is 4. The molecule has 0 aromatic carbocycles. The quantitative estimate of drug-likeness (QED) is 0.727. The lowest BCUT2D eigenvalue weighted by atomic mass is 10.2. The average Bonchev–Trinajstić information content (AvgIpc) is 3.42. The molecular formula is C19H22N4O4. The monoisotopic (exact) mass is 370 g/mol. The van der Waals surface area contributed by atoms with Crippen molar-refractivity contribution < 1.29 is 19.2 Å². The van der Waals surface area contributed by atoms with Gasteiger partial charge in [-0.3, -0.25) is 29.1 Å². The van der Waals surface area contributed by atoms with Gasteiger partial charge in [0.1, 0.15) is 11.7 Å². The van der Waals surface area contributed by atoms with E-state index in [2.05, 4.69) is 4.98 Å². The molecule has 1 aromatic heterocycles. The van der Waals surface area contributed by atoms with Crippen LogP contribution in [0.5, 0.6) is 0 Å². The molecule has 2 fully saturated rings. The summed E-state index contributed by atoms with van der Waals surface area (Å²) in [4.78, 5) is 58.6. The molecule has 4 amide bonds. The first-order valence-electron chi connectivity index (χ1n) is 9.47. The highest BCUT2D eigenvalue weighted by molar-refractivity contribution is 6.20. The first kappa shape index (κ1) is 17.6. The summed E-state index contributed by atoms with van der Waals surface area (Å²) in [5.41, 5.74) is 0.413. The summed E-state index contributed by atoms with van der Waals surface area (Å²) in [5, 5.41) is 0. The number of imide groups is 1. The zero-order valence-electron chi connectivity index (χ0n) is 15.1. The van der Waals surface area contributed by atoms with Crippen molar-refractivity contribution in [1.82, 2.24) is 19.7 Å². The maximum absolute atomic E-state index is 12.7. The van der Waals surface area contributed by atoms with Crippen molar-refractivity contribution in [2.24, 2.45) is 0 Å². The normalized spacial score (nSPS) is 21.9. The largest absolute Gasteiger partial charge is 0.341 e. The van der Waals surface area contributed by atoms with Gasteiger partial charge in [-0.1, -0.05) is 0 Å². The van der Waals surface area contributed by atoms with E-state index in [0.29, 0.717) is 13.0 Å². The minimum absolute atomic E-state index is 0.00792. The predicted molar refractivity (Wildman–Crippen MR) is 94.8 cm³/mol. The van der Waals surface area contributed by atoms with Crippen molar-refractivity contribution in [3.05, 3.63) is 29.6 Å². The average molecular weight is 370 g/mol. The van der Waals surface area contributed by atoms with Crippen LogP contribution in [0.1, 0.15) is 53.0 Å². The molecule has 0 aliphatic carbocycles. The second-order valence-corrected chi connectivity index (χ2v) is 7.19. The van der Waals surface area contributed by atoms with Crippen LogP contribution in [-0.4, -0.2) is 75.5 Å². The van der Waals surface area contributed by atoms with Gasteiger partial charge < -0.3 is 9.80 Å².